The van der Waals surface area contributed by atoms with Gasteiger partial charge >= 0.3 is 0 Å². The molecule has 0 aliphatic heterocycles. The Labute approximate surface area is 185 Å². The molecule has 2 aromatic carbocycles. The summed E-state index contributed by atoms with van der Waals surface area (Å²) >= 11 is 0. The molecule has 1 heterocycles. The molecule has 0 aliphatic carbocycles. The highest BCUT2D eigenvalue weighted by Crippen LogP contribution is 2.13. The summed E-state index contributed by atoms with van der Waals surface area (Å²) in [5.41, 5.74) is 1.04. The molecular formula is C22H23FN4O4S. The third-order valence-corrected chi connectivity index (χ3v) is 5.94. The molecule has 0 unspecified atom stereocenters. The average molecular weight is 459 g/mol. The molecule has 168 valence electrons. The Balaban J connectivity index is 1.76. The molecule has 0 aliphatic rings. The number of halogens is 1. The molecule has 1 amide bonds. The van der Waals surface area contributed by atoms with Crippen molar-refractivity contribution < 1.29 is 17.6 Å². The Bertz CT molecular complexity index is 1270. The van der Waals surface area contributed by atoms with Crippen molar-refractivity contribution in [3.8, 4) is 5.69 Å². The fraction of sp³-hybridized carbons (Fsp3) is 0.227. The van der Waals surface area contributed by atoms with E-state index in [2.05, 4.69) is 15.1 Å². The van der Waals surface area contributed by atoms with Crippen molar-refractivity contribution in [3.63, 3.8) is 0 Å². The van der Waals surface area contributed by atoms with E-state index in [1.165, 1.54) is 36.4 Å². The summed E-state index contributed by atoms with van der Waals surface area (Å²) in [7, 11) is -3.53. The molecule has 8 nitrogen and oxygen atoms in total. The fourth-order valence-electron chi connectivity index (χ4n) is 3.04. The molecule has 0 saturated carbocycles. The zero-order chi connectivity index (χ0) is 23.3. The van der Waals surface area contributed by atoms with Crippen LogP contribution in [0.2, 0.25) is 0 Å². The number of benzene rings is 2. The van der Waals surface area contributed by atoms with Crippen LogP contribution in [0.5, 0.6) is 0 Å². The van der Waals surface area contributed by atoms with Crippen LogP contribution in [0.3, 0.4) is 0 Å². The number of amides is 1. The largest absolute Gasteiger partial charge is 0.347 e. The minimum Gasteiger partial charge on any atom is -0.347 e. The summed E-state index contributed by atoms with van der Waals surface area (Å²) in [6.45, 7) is 3.55. The van der Waals surface area contributed by atoms with Gasteiger partial charge in [-0.25, -0.2) is 17.5 Å². The van der Waals surface area contributed by atoms with E-state index >= 15 is 0 Å². The molecule has 0 bridgehead atoms. The molecule has 0 spiro atoms. The van der Waals surface area contributed by atoms with Crippen molar-refractivity contribution in [2.24, 2.45) is 0 Å². The van der Waals surface area contributed by atoms with E-state index < -0.39 is 27.3 Å². The fourth-order valence-corrected chi connectivity index (χ4v) is 4.53. The number of aromatic nitrogens is 2. The SMILES string of the molecule is CC(C)NS(=O)(=O)Cc1ccccc1CNC(=O)c1ccc(=O)n(-c2ccc(F)cc2)n1. The minimum absolute atomic E-state index is 0.0134. The number of carbonyl (C=O) groups excluding carboxylic acids is 1. The topological polar surface area (TPSA) is 110 Å². The molecular weight excluding hydrogens is 435 g/mol. The van der Waals surface area contributed by atoms with E-state index in [0.29, 0.717) is 16.8 Å². The number of nitrogens with zero attached hydrogens (tertiary/aromatic N) is 2. The van der Waals surface area contributed by atoms with Gasteiger partial charge in [0.05, 0.1) is 11.4 Å². The van der Waals surface area contributed by atoms with Gasteiger partial charge in [-0.3, -0.25) is 9.59 Å². The van der Waals surface area contributed by atoms with E-state index in [1.807, 2.05) is 0 Å². The second kappa shape index (κ2) is 9.84. The Morgan fingerprint density at radius 2 is 1.69 bits per heavy atom. The lowest BCUT2D eigenvalue weighted by Gasteiger charge is -2.13. The van der Waals surface area contributed by atoms with Crippen LogP contribution in [-0.2, 0) is 22.3 Å². The zero-order valence-corrected chi connectivity index (χ0v) is 18.4. The van der Waals surface area contributed by atoms with Crippen LogP contribution in [-0.4, -0.2) is 30.1 Å². The van der Waals surface area contributed by atoms with Gasteiger partial charge in [0.25, 0.3) is 11.5 Å². The Morgan fingerprint density at radius 1 is 1.03 bits per heavy atom. The first kappa shape index (κ1) is 23.3. The van der Waals surface area contributed by atoms with Crippen LogP contribution < -0.4 is 15.6 Å². The number of hydrogen-bond acceptors (Lipinski definition) is 5. The second-order valence-corrected chi connectivity index (χ2v) is 9.18. The standard InChI is InChI=1S/C22H23FN4O4S/c1-15(2)26-32(30,31)14-17-6-4-3-5-16(17)13-24-22(29)20-11-12-21(28)27(25-20)19-9-7-18(23)8-10-19/h3-12,15,26H,13-14H2,1-2H3,(H,24,29). The minimum atomic E-state index is -3.53. The maximum Gasteiger partial charge on any atom is 0.272 e. The maximum absolute atomic E-state index is 13.2. The predicted molar refractivity (Wildman–Crippen MR) is 118 cm³/mol. The smallest absolute Gasteiger partial charge is 0.272 e. The van der Waals surface area contributed by atoms with Gasteiger partial charge in [-0.1, -0.05) is 24.3 Å². The molecule has 3 rings (SSSR count). The summed E-state index contributed by atoms with van der Waals surface area (Å²) in [6, 6.07) is 14.3. The van der Waals surface area contributed by atoms with Gasteiger partial charge < -0.3 is 5.32 Å². The Hall–Kier alpha value is -3.37. The van der Waals surface area contributed by atoms with Crippen molar-refractivity contribution in [2.45, 2.75) is 32.2 Å². The monoisotopic (exact) mass is 458 g/mol. The van der Waals surface area contributed by atoms with Gasteiger partial charge in [-0.15, -0.1) is 0 Å². The van der Waals surface area contributed by atoms with E-state index in [9.17, 15) is 22.4 Å². The lowest BCUT2D eigenvalue weighted by atomic mass is 10.1. The van der Waals surface area contributed by atoms with Crippen molar-refractivity contribution in [1.29, 1.82) is 0 Å². The van der Waals surface area contributed by atoms with Crippen LogP contribution in [0.4, 0.5) is 4.39 Å². The summed E-state index contributed by atoms with van der Waals surface area (Å²) in [6.07, 6.45) is 0. The second-order valence-electron chi connectivity index (χ2n) is 7.43. The van der Waals surface area contributed by atoms with Gasteiger partial charge in [0.1, 0.15) is 11.5 Å². The van der Waals surface area contributed by atoms with E-state index in [4.69, 9.17) is 0 Å². The van der Waals surface area contributed by atoms with Crippen LogP contribution in [0.1, 0.15) is 35.5 Å². The third-order valence-electron chi connectivity index (χ3n) is 4.42. The number of nitrogens with one attached hydrogen (secondary N) is 2. The summed E-state index contributed by atoms with van der Waals surface area (Å²) in [5.74, 6) is -1.22. The average Bonchev–Trinajstić information content (AvgIpc) is 2.73. The van der Waals surface area contributed by atoms with Gasteiger partial charge in [0.15, 0.2) is 0 Å². The van der Waals surface area contributed by atoms with Crippen molar-refractivity contribution >= 4 is 15.9 Å². The number of rotatable bonds is 8. The molecule has 10 heteroatoms. The summed E-state index contributed by atoms with van der Waals surface area (Å²) in [5, 5.41) is 6.76. The molecule has 0 radical (unpaired) electrons. The number of hydrogen-bond donors (Lipinski definition) is 2. The molecule has 1 aromatic heterocycles. The van der Waals surface area contributed by atoms with Gasteiger partial charge in [-0.05, 0) is 55.3 Å². The molecule has 32 heavy (non-hydrogen) atoms. The van der Waals surface area contributed by atoms with Gasteiger partial charge in [0, 0.05) is 18.7 Å². The van der Waals surface area contributed by atoms with Crippen molar-refractivity contribution in [1.82, 2.24) is 19.8 Å². The van der Waals surface area contributed by atoms with Gasteiger partial charge in [-0.2, -0.15) is 9.78 Å². The zero-order valence-electron chi connectivity index (χ0n) is 17.6. The first-order chi connectivity index (χ1) is 15.1. The van der Waals surface area contributed by atoms with E-state index in [0.717, 1.165) is 4.68 Å². The number of sulfonamides is 1. The quantitative estimate of drug-likeness (QED) is 0.537. The van der Waals surface area contributed by atoms with Crippen LogP contribution in [0, 0.1) is 5.82 Å². The highest BCUT2D eigenvalue weighted by molar-refractivity contribution is 7.88. The van der Waals surface area contributed by atoms with Gasteiger partial charge in [0.2, 0.25) is 10.0 Å². The molecule has 0 fully saturated rings. The lowest BCUT2D eigenvalue weighted by Crippen LogP contribution is -2.32. The normalized spacial score (nSPS) is 11.5. The van der Waals surface area contributed by atoms with E-state index in [1.54, 1.807) is 38.1 Å². The highest BCUT2D eigenvalue weighted by Gasteiger charge is 2.16. The molecule has 0 atom stereocenters. The van der Waals surface area contributed by atoms with E-state index in [-0.39, 0.29) is 24.0 Å². The summed E-state index contributed by atoms with van der Waals surface area (Å²) < 4.78 is 41.3. The van der Waals surface area contributed by atoms with Crippen molar-refractivity contribution in [3.05, 3.63) is 93.7 Å². The summed E-state index contributed by atoms with van der Waals surface area (Å²) in [4.78, 5) is 24.8. The first-order valence-corrected chi connectivity index (χ1v) is 11.5. The molecule has 0 saturated heterocycles. The maximum atomic E-state index is 13.2. The Kier molecular flexibility index (Phi) is 7.16. The van der Waals surface area contributed by atoms with Crippen LogP contribution in [0.15, 0.2) is 65.5 Å². The Morgan fingerprint density at radius 3 is 2.34 bits per heavy atom. The lowest BCUT2D eigenvalue weighted by molar-refractivity contribution is 0.0944. The first-order valence-electron chi connectivity index (χ1n) is 9.86. The molecule has 2 N–H and O–H groups in total. The van der Waals surface area contributed by atoms with Crippen LogP contribution in [0.25, 0.3) is 5.69 Å². The number of carbonyl (C=O) groups is 1. The predicted octanol–water partition coefficient (Wildman–Crippen LogP) is 2.13. The highest BCUT2D eigenvalue weighted by atomic mass is 32.2. The molecule has 3 aromatic rings. The third kappa shape index (κ3) is 6.08. The van der Waals surface area contributed by atoms with Crippen molar-refractivity contribution in [2.75, 3.05) is 0 Å². The van der Waals surface area contributed by atoms with Crippen LogP contribution >= 0.6 is 0 Å².